The summed E-state index contributed by atoms with van der Waals surface area (Å²) in [6.07, 6.45) is 3.00. The van der Waals surface area contributed by atoms with Gasteiger partial charge in [-0.15, -0.1) is 15.3 Å². The molecule has 1 aromatic carbocycles. The van der Waals surface area contributed by atoms with Crippen molar-refractivity contribution in [3.8, 4) is 17.3 Å². The molecule has 0 saturated carbocycles. The van der Waals surface area contributed by atoms with Crippen molar-refractivity contribution in [2.45, 2.75) is 10.9 Å². The predicted molar refractivity (Wildman–Crippen MR) is 119 cm³/mol. The van der Waals surface area contributed by atoms with Gasteiger partial charge in [-0.1, -0.05) is 17.0 Å². The van der Waals surface area contributed by atoms with Gasteiger partial charge in [-0.05, 0) is 22.4 Å². The number of aromatic nitrogens is 8. The number of nitrogen functional groups attached to an aromatic ring is 1. The zero-order chi connectivity index (χ0) is 24.1. The molecule has 176 valence electrons. The monoisotopic (exact) mass is 485 g/mol. The van der Waals surface area contributed by atoms with Gasteiger partial charge in [0, 0.05) is 24.4 Å². The van der Waals surface area contributed by atoms with Crippen LogP contribution in [-0.4, -0.2) is 66.4 Å². The van der Waals surface area contributed by atoms with Crippen molar-refractivity contribution in [1.82, 2.24) is 45.5 Å². The van der Waals surface area contributed by atoms with Crippen molar-refractivity contribution in [3.63, 3.8) is 0 Å². The number of nitrogens with zero attached hydrogens (tertiary/aromatic N) is 9. The van der Waals surface area contributed by atoms with Gasteiger partial charge in [-0.2, -0.15) is 9.78 Å². The number of rotatable bonds is 9. The lowest BCUT2D eigenvalue weighted by Crippen LogP contribution is -2.20. The highest BCUT2D eigenvalue weighted by Gasteiger charge is 2.24. The minimum atomic E-state index is -0.599. The van der Waals surface area contributed by atoms with E-state index in [1.54, 1.807) is 43.3 Å². The summed E-state index contributed by atoms with van der Waals surface area (Å²) in [6, 6.07) is 5.19. The maximum absolute atomic E-state index is 12.9. The second-order valence-electron chi connectivity index (χ2n) is 6.59. The molecule has 0 bridgehead atoms. The first kappa shape index (κ1) is 22.7. The molecule has 0 spiro atoms. The molecule has 34 heavy (non-hydrogen) atoms. The predicted octanol–water partition coefficient (Wildman–Crippen LogP) is 0.434. The van der Waals surface area contributed by atoms with Gasteiger partial charge in [0.25, 0.3) is 5.91 Å². The number of nitrogens with one attached hydrogen (secondary N) is 1. The third-order valence-corrected chi connectivity index (χ3v) is 5.54. The average Bonchev–Trinajstić information content (AvgIpc) is 3.57. The van der Waals surface area contributed by atoms with Crippen LogP contribution in [0.3, 0.4) is 0 Å². The number of anilines is 1. The van der Waals surface area contributed by atoms with E-state index in [-0.39, 0.29) is 23.1 Å². The van der Waals surface area contributed by atoms with Crippen LogP contribution < -0.4 is 20.6 Å². The molecule has 0 saturated heterocycles. The molecule has 0 aliphatic heterocycles. The van der Waals surface area contributed by atoms with Crippen LogP contribution in [-0.2, 0) is 12.8 Å². The Labute approximate surface area is 196 Å². The second-order valence-corrected chi connectivity index (χ2v) is 7.53. The lowest BCUT2D eigenvalue weighted by atomic mass is 10.2. The normalized spacial score (nSPS) is 11.1. The van der Waals surface area contributed by atoms with Gasteiger partial charge in [-0.3, -0.25) is 4.79 Å². The topological polar surface area (TPSA) is 186 Å². The lowest BCUT2D eigenvalue weighted by Gasteiger charge is -2.07. The van der Waals surface area contributed by atoms with Crippen LogP contribution in [0.1, 0.15) is 21.7 Å². The molecular formula is C18H19N11O4S. The van der Waals surface area contributed by atoms with Crippen LogP contribution in [0.2, 0.25) is 0 Å². The summed E-state index contributed by atoms with van der Waals surface area (Å²) in [7, 11) is 4.88. The highest BCUT2D eigenvalue weighted by Crippen LogP contribution is 2.25. The molecule has 0 aliphatic carbocycles. The average molecular weight is 485 g/mol. The summed E-state index contributed by atoms with van der Waals surface area (Å²) in [4.78, 5) is 12.9. The van der Waals surface area contributed by atoms with E-state index in [2.05, 4.69) is 46.0 Å². The molecule has 4 rings (SSSR count). The van der Waals surface area contributed by atoms with E-state index in [0.29, 0.717) is 27.9 Å². The Balaban J connectivity index is 1.57. The first-order valence-corrected chi connectivity index (χ1v) is 10.6. The molecule has 3 heterocycles. The Morgan fingerprint density at radius 3 is 2.82 bits per heavy atom. The number of carbonyl (C=O) groups is 1. The number of hydrazone groups is 1. The Kier molecular flexibility index (Phi) is 6.67. The number of thioether (sulfide) groups is 1. The van der Waals surface area contributed by atoms with Crippen molar-refractivity contribution in [1.29, 1.82) is 0 Å². The summed E-state index contributed by atoms with van der Waals surface area (Å²) in [5.41, 5.74) is 9.26. The van der Waals surface area contributed by atoms with Crippen molar-refractivity contribution in [2.75, 3.05) is 20.0 Å². The Hall–Kier alpha value is -4.47. The quantitative estimate of drug-likeness (QED) is 0.189. The van der Waals surface area contributed by atoms with Crippen LogP contribution in [0, 0.1) is 0 Å². The fourth-order valence-electron chi connectivity index (χ4n) is 2.79. The van der Waals surface area contributed by atoms with Crippen molar-refractivity contribution in [2.24, 2.45) is 12.1 Å². The van der Waals surface area contributed by atoms with Crippen LogP contribution in [0.25, 0.3) is 5.82 Å². The maximum Gasteiger partial charge on any atom is 0.293 e. The van der Waals surface area contributed by atoms with E-state index in [9.17, 15) is 4.79 Å². The fourth-order valence-corrected chi connectivity index (χ4v) is 3.67. The Morgan fingerprint density at radius 2 is 2.15 bits per heavy atom. The van der Waals surface area contributed by atoms with Gasteiger partial charge < -0.3 is 19.8 Å². The first-order chi connectivity index (χ1) is 16.5. The summed E-state index contributed by atoms with van der Waals surface area (Å²) >= 11 is 1.31. The number of hydrogen-bond acceptors (Lipinski definition) is 13. The third kappa shape index (κ3) is 4.65. The minimum absolute atomic E-state index is 0.00797. The van der Waals surface area contributed by atoms with Crippen molar-refractivity contribution < 1.29 is 18.9 Å². The molecule has 3 aromatic heterocycles. The van der Waals surface area contributed by atoms with E-state index < -0.39 is 5.91 Å². The van der Waals surface area contributed by atoms with Crippen LogP contribution in [0.4, 0.5) is 5.82 Å². The summed E-state index contributed by atoms with van der Waals surface area (Å²) < 4.78 is 18.2. The maximum atomic E-state index is 12.9. The van der Waals surface area contributed by atoms with Gasteiger partial charge in [0.05, 0.1) is 26.1 Å². The first-order valence-electron chi connectivity index (χ1n) is 9.57. The number of aryl methyl sites for hydroxylation is 1. The molecule has 0 atom stereocenters. The number of benzene rings is 1. The molecule has 4 aromatic rings. The van der Waals surface area contributed by atoms with Crippen molar-refractivity contribution >= 4 is 29.7 Å². The number of hydrogen-bond donors (Lipinski definition) is 2. The van der Waals surface area contributed by atoms with Gasteiger partial charge in [0.1, 0.15) is 17.8 Å². The van der Waals surface area contributed by atoms with Gasteiger partial charge in [-0.25, -0.2) is 10.1 Å². The van der Waals surface area contributed by atoms with Crippen LogP contribution in [0.15, 0.2) is 39.4 Å². The number of amides is 1. The molecule has 3 N–H and O–H groups in total. The van der Waals surface area contributed by atoms with Crippen LogP contribution >= 0.6 is 11.8 Å². The van der Waals surface area contributed by atoms with E-state index in [0.717, 1.165) is 0 Å². The molecule has 1 amide bonds. The smallest absolute Gasteiger partial charge is 0.293 e. The van der Waals surface area contributed by atoms with E-state index in [1.807, 2.05) is 0 Å². The zero-order valence-corrected chi connectivity index (χ0v) is 19.1. The SMILES string of the molecule is COc1ccc(/C=N/NC(=O)c2nnn(-c3nonc3N)c2CSc2nncn2C)c(OC)c1. The molecule has 0 fully saturated rings. The van der Waals surface area contributed by atoms with Gasteiger partial charge in [0.15, 0.2) is 10.9 Å². The van der Waals surface area contributed by atoms with E-state index in [4.69, 9.17) is 15.2 Å². The largest absolute Gasteiger partial charge is 0.497 e. The van der Waals surface area contributed by atoms with Gasteiger partial charge in [0.2, 0.25) is 11.6 Å². The van der Waals surface area contributed by atoms with Crippen molar-refractivity contribution in [3.05, 3.63) is 41.5 Å². The number of methoxy groups -OCH3 is 2. The standard InChI is InChI=1S/C18H19N11O4S/c1-28-9-21-24-18(28)34-8-12-14(22-27-29(12)16-15(19)25-33-26-16)17(30)23-20-7-10-4-5-11(31-2)6-13(10)32-3/h4-7,9H,8H2,1-3H3,(H2,19,25)(H,23,30)/b20-7+. The highest BCUT2D eigenvalue weighted by atomic mass is 32.2. The molecule has 15 nitrogen and oxygen atoms in total. The number of nitrogens with two attached hydrogens (primary N) is 1. The van der Waals surface area contributed by atoms with E-state index >= 15 is 0 Å². The molecule has 0 aliphatic rings. The van der Waals surface area contributed by atoms with Gasteiger partial charge >= 0.3 is 0 Å². The minimum Gasteiger partial charge on any atom is -0.497 e. The summed E-state index contributed by atoms with van der Waals surface area (Å²) in [5.74, 6) is 0.890. The Bertz CT molecular complexity index is 1330. The number of carbonyl (C=O) groups excluding carboxylic acids is 1. The molecule has 0 unspecified atom stereocenters. The molecule has 0 radical (unpaired) electrons. The third-order valence-electron chi connectivity index (χ3n) is 4.49. The second kappa shape index (κ2) is 9.99. The lowest BCUT2D eigenvalue weighted by molar-refractivity contribution is 0.0949. The summed E-state index contributed by atoms with van der Waals surface area (Å²) in [5, 5.41) is 27.8. The van der Waals surface area contributed by atoms with Crippen LogP contribution in [0.5, 0.6) is 11.5 Å². The number of ether oxygens (including phenoxy) is 2. The highest BCUT2D eigenvalue weighted by molar-refractivity contribution is 7.98. The zero-order valence-electron chi connectivity index (χ0n) is 18.2. The molecule has 16 heteroatoms. The Morgan fingerprint density at radius 1 is 1.29 bits per heavy atom. The molecular weight excluding hydrogens is 466 g/mol. The van der Waals surface area contributed by atoms with E-state index in [1.165, 1.54) is 29.8 Å². The fraction of sp³-hybridized carbons (Fsp3) is 0.222. The summed E-state index contributed by atoms with van der Waals surface area (Å²) in [6.45, 7) is 0.